The molecule has 6 heteroatoms. The second kappa shape index (κ2) is 4.47. The maximum absolute atomic E-state index is 11.9. The fourth-order valence-corrected chi connectivity index (χ4v) is 3.47. The van der Waals surface area contributed by atoms with Crippen LogP contribution in [-0.4, -0.2) is 14.3 Å². The number of halogens is 1. The number of nitrogens with zero attached hydrogens (tertiary/aromatic N) is 1. The van der Waals surface area contributed by atoms with Crippen molar-refractivity contribution in [2.75, 3.05) is 5.32 Å². The Morgan fingerprint density at radius 3 is 2.63 bits per heavy atom. The van der Waals surface area contributed by atoms with Crippen LogP contribution in [0.1, 0.15) is 5.56 Å². The minimum atomic E-state index is -3.57. The summed E-state index contributed by atoms with van der Waals surface area (Å²) >= 11 is 3.37. The Hall–Kier alpha value is -1.66. The fraction of sp³-hybridized carbons (Fsp3) is 0. The summed E-state index contributed by atoms with van der Waals surface area (Å²) in [5, 5.41) is 3.03. The second-order valence-electron chi connectivity index (χ2n) is 4.05. The molecule has 0 amide bonds. The van der Waals surface area contributed by atoms with Crippen LogP contribution in [0.15, 0.2) is 62.3 Å². The zero-order valence-corrected chi connectivity index (χ0v) is 12.1. The van der Waals surface area contributed by atoms with Crippen LogP contribution in [-0.2, 0) is 10.0 Å². The molecule has 2 aromatic carbocycles. The van der Waals surface area contributed by atoms with Crippen molar-refractivity contribution in [3.63, 3.8) is 0 Å². The van der Waals surface area contributed by atoms with Crippen molar-refractivity contribution in [3.05, 3.63) is 58.6 Å². The monoisotopic (exact) mass is 336 g/mol. The van der Waals surface area contributed by atoms with Gasteiger partial charge in [0.2, 0.25) is 0 Å². The van der Waals surface area contributed by atoms with Gasteiger partial charge in [-0.25, -0.2) is 0 Å². The van der Waals surface area contributed by atoms with E-state index in [1.165, 1.54) is 0 Å². The van der Waals surface area contributed by atoms with Crippen molar-refractivity contribution in [3.8, 4) is 0 Å². The summed E-state index contributed by atoms with van der Waals surface area (Å²) in [5.41, 5.74) is 1.38. The van der Waals surface area contributed by atoms with Crippen molar-refractivity contribution in [1.29, 1.82) is 0 Å². The lowest BCUT2D eigenvalue weighted by atomic mass is 10.2. The van der Waals surface area contributed by atoms with E-state index in [-0.39, 0.29) is 4.90 Å². The fourth-order valence-electron chi connectivity index (χ4n) is 1.90. The molecule has 0 atom stereocenters. The van der Waals surface area contributed by atoms with E-state index in [9.17, 15) is 8.42 Å². The van der Waals surface area contributed by atoms with Crippen LogP contribution in [0, 0.1) is 0 Å². The van der Waals surface area contributed by atoms with Gasteiger partial charge >= 0.3 is 0 Å². The van der Waals surface area contributed by atoms with Crippen LogP contribution in [0.2, 0.25) is 0 Å². The number of rotatable bonds is 1. The van der Waals surface area contributed by atoms with Gasteiger partial charge in [-0.1, -0.05) is 34.1 Å². The molecule has 0 aliphatic carbocycles. The minimum Gasteiger partial charge on any atom is -0.339 e. The number of hydrogen-bond acceptors (Lipinski definition) is 3. The first-order valence-corrected chi connectivity index (χ1v) is 7.76. The lowest BCUT2D eigenvalue weighted by Crippen LogP contribution is -2.11. The van der Waals surface area contributed by atoms with Gasteiger partial charge in [-0.3, -0.25) is 0 Å². The summed E-state index contributed by atoms with van der Waals surface area (Å²) in [6.07, 6.45) is 0. The van der Waals surface area contributed by atoms with E-state index in [1.54, 1.807) is 24.3 Å². The molecule has 3 rings (SSSR count). The van der Waals surface area contributed by atoms with Crippen LogP contribution in [0.25, 0.3) is 0 Å². The quantitative estimate of drug-likeness (QED) is 0.870. The predicted octanol–water partition coefficient (Wildman–Crippen LogP) is 3.01. The van der Waals surface area contributed by atoms with Gasteiger partial charge in [-0.2, -0.15) is 8.42 Å². The van der Waals surface area contributed by atoms with Crippen molar-refractivity contribution >= 4 is 37.5 Å². The first-order chi connectivity index (χ1) is 9.06. The lowest BCUT2D eigenvalue weighted by molar-refractivity contribution is 0.599. The normalized spacial score (nSPS) is 15.7. The molecule has 1 N–H and O–H groups in total. The summed E-state index contributed by atoms with van der Waals surface area (Å²) in [6.45, 7) is 0. The largest absolute Gasteiger partial charge is 0.339 e. The highest BCUT2D eigenvalue weighted by molar-refractivity contribution is 9.10. The molecule has 1 aliphatic rings. The van der Waals surface area contributed by atoms with Crippen molar-refractivity contribution in [2.24, 2.45) is 4.40 Å². The minimum absolute atomic E-state index is 0.243. The third-order valence-corrected chi connectivity index (χ3v) is 4.55. The van der Waals surface area contributed by atoms with Crippen molar-refractivity contribution < 1.29 is 8.42 Å². The molecular formula is C13H9BrN2O2S. The number of fused-ring (bicyclic) bond motifs is 1. The zero-order valence-electron chi connectivity index (χ0n) is 9.67. The first kappa shape index (κ1) is 12.4. The van der Waals surface area contributed by atoms with E-state index < -0.39 is 10.0 Å². The van der Waals surface area contributed by atoms with E-state index in [1.807, 2.05) is 24.3 Å². The number of hydrogen-bond donors (Lipinski definition) is 1. The highest BCUT2D eigenvalue weighted by Crippen LogP contribution is 2.27. The Balaban J connectivity index is 2.04. The Morgan fingerprint density at radius 2 is 1.84 bits per heavy atom. The maximum Gasteiger partial charge on any atom is 0.285 e. The predicted molar refractivity (Wildman–Crippen MR) is 77.9 cm³/mol. The smallest absolute Gasteiger partial charge is 0.285 e. The lowest BCUT2D eigenvalue weighted by Gasteiger charge is -2.06. The van der Waals surface area contributed by atoms with Crippen LogP contribution in [0.5, 0.6) is 0 Å². The molecule has 0 saturated heterocycles. The highest BCUT2D eigenvalue weighted by atomic mass is 79.9. The van der Waals surface area contributed by atoms with E-state index in [4.69, 9.17) is 0 Å². The van der Waals surface area contributed by atoms with Gasteiger partial charge < -0.3 is 5.32 Å². The summed E-state index contributed by atoms with van der Waals surface area (Å²) in [4.78, 5) is 0.243. The van der Waals surface area contributed by atoms with Gasteiger partial charge in [0.1, 0.15) is 4.90 Å². The molecule has 2 aromatic rings. The number of anilines is 1. The van der Waals surface area contributed by atoms with Crippen LogP contribution in [0.3, 0.4) is 0 Å². The molecule has 0 aromatic heterocycles. The number of sulfonamides is 1. The Bertz CT molecular complexity index is 785. The van der Waals surface area contributed by atoms with E-state index in [0.717, 1.165) is 10.2 Å². The van der Waals surface area contributed by atoms with Crippen molar-refractivity contribution in [1.82, 2.24) is 0 Å². The molecule has 0 unspecified atom stereocenters. The highest BCUT2D eigenvalue weighted by Gasteiger charge is 2.28. The molecule has 0 bridgehead atoms. The molecule has 0 saturated carbocycles. The van der Waals surface area contributed by atoms with Gasteiger partial charge in [0.15, 0.2) is 5.84 Å². The number of amidine groups is 1. The topological polar surface area (TPSA) is 58.5 Å². The van der Waals surface area contributed by atoms with Crippen LogP contribution < -0.4 is 5.32 Å². The van der Waals surface area contributed by atoms with E-state index in [0.29, 0.717) is 11.4 Å². The van der Waals surface area contributed by atoms with Gasteiger partial charge in [0.05, 0.1) is 0 Å². The molecule has 0 fully saturated rings. The summed E-state index contributed by atoms with van der Waals surface area (Å²) in [6, 6.07) is 14.2. The van der Waals surface area contributed by atoms with Crippen LogP contribution in [0.4, 0.5) is 5.69 Å². The summed E-state index contributed by atoms with van der Waals surface area (Å²) < 4.78 is 28.5. The number of nitrogens with one attached hydrogen (secondary N) is 1. The van der Waals surface area contributed by atoms with Gasteiger partial charge in [-0.15, -0.1) is 4.40 Å². The average molecular weight is 337 g/mol. The Morgan fingerprint density at radius 1 is 1.05 bits per heavy atom. The van der Waals surface area contributed by atoms with Gasteiger partial charge in [0.25, 0.3) is 10.0 Å². The van der Waals surface area contributed by atoms with Crippen LogP contribution >= 0.6 is 15.9 Å². The van der Waals surface area contributed by atoms with E-state index in [2.05, 4.69) is 25.6 Å². The standard InChI is InChI=1S/C13H9BrN2O2S/c14-9-4-3-5-10(8-9)15-13-11-6-1-2-7-12(11)19(17,18)16-13/h1-8H,(H,15,16). The molecular weight excluding hydrogens is 328 g/mol. The third kappa shape index (κ3) is 2.29. The average Bonchev–Trinajstić information content (AvgIpc) is 2.62. The van der Waals surface area contributed by atoms with Gasteiger partial charge in [0, 0.05) is 15.7 Å². The molecule has 0 spiro atoms. The number of benzene rings is 2. The Labute approximate surface area is 119 Å². The third-order valence-electron chi connectivity index (χ3n) is 2.72. The molecule has 96 valence electrons. The summed E-state index contributed by atoms with van der Waals surface area (Å²) in [5.74, 6) is 0.355. The SMILES string of the molecule is O=S1(=O)N=C(Nc2cccc(Br)c2)c2ccccc21. The zero-order chi connectivity index (χ0) is 13.5. The van der Waals surface area contributed by atoms with E-state index >= 15 is 0 Å². The molecule has 1 heterocycles. The molecule has 4 nitrogen and oxygen atoms in total. The molecule has 19 heavy (non-hydrogen) atoms. The molecule has 0 radical (unpaired) electrons. The summed E-state index contributed by atoms with van der Waals surface area (Å²) in [7, 11) is -3.57. The van der Waals surface area contributed by atoms with Gasteiger partial charge in [-0.05, 0) is 30.3 Å². The van der Waals surface area contributed by atoms with Crippen molar-refractivity contribution in [2.45, 2.75) is 4.90 Å². The molecule has 1 aliphatic heterocycles. The second-order valence-corrected chi connectivity index (χ2v) is 6.53. The maximum atomic E-state index is 11.9. The Kier molecular flexibility index (Phi) is 2.91. The first-order valence-electron chi connectivity index (χ1n) is 5.53.